The number of carboxylic acids is 3. The number of nitriles is 1. The number of carbonyl (C=O) groups is 3. The van der Waals surface area contributed by atoms with E-state index in [0.29, 0.717) is 0 Å². The van der Waals surface area contributed by atoms with Crippen LogP contribution in [0.15, 0.2) is 0 Å². The molecular formula is C6H10KNO6. The summed E-state index contributed by atoms with van der Waals surface area (Å²) in [6, 6.07) is 0.944. The molecule has 0 saturated heterocycles. The summed E-state index contributed by atoms with van der Waals surface area (Å²) in [5.41, 5.74) is 0. The zero-order chi connectivity index (χ0) is 11.4. The molecule has 76 valence electrons. The van der Waals surface area contributed by atoms with Crippen LogP contribution in [0.4, 0.5) is 0 Å². The first-order chi connectivity index (χ1) is 5.73. The fourth-order valence-electron chi connectivity index (χ4n) is 0. The molecule has 0 saturated carbocycles. The van der Waals surface area contributed by atoms with E-state index in [0.717, 1.165) is 19.9 Å². The Labute approximate surface area is 123 Å². The Morgan fingerprint density at radius 1 is 1.00 bits per heavy atom. The third kappa shape index (κ3) is 543. The zero-order valence-corrected chi connectivity index (χ0v) is 7.01. The van der Waals surface area contributed by atoms with E-state index in [1.54, 1.807) is 0 Å². The van der Waals surface area contributed by atoms with E-state index in [4.69, 9.17) is 35.0 Å². The van der Waals surface area contributed by atoms with Crippen molar-refractivity contribution < 1.29 is 29.7 Å². The summed E-state index contributed by atoms with van der Waals surface area (Å²) in [6.45, 7) is 2.17. The van der Waals surface area contributed by atoms with Gasteiger partial charge in [-0.2, -0.15) is 5.26 Å². The first-order valence-electron chi connectivity index (χ1n) is 2.76. The molecule has 7 nitrogen and oxygen atoms in total. The van der Waals surface area contributed by atoms with Crippen LogP contribution in [0.2, 0.25) is 0 Å². The molecule has 0 amide bonds. The van der Waals surface area contributed by atoms with E-state index < -0.39 is 17.9 Å². The van der Waals surface area contributed by atoms with Crippen molar-refractivity contribution in [3.8, 4) is 6.07 Å². The van der Waals surface area contributed by atoms with Crippen LogP contribution in [0.5, 0.6) is 0 Å². The van der Waals surface area contributed by atoms with Gasteiger partial charge in [-0.15, -0.1) is 0 Å². The summed E-state index contributed by atoms with van der Waals surface area (Å²) in [6.07, 6.45) is 0. The second-order valence-electron chi connectivity index (χ2n) is 1.45. The van der Waals surface area contributed by atoms with E-state index in [-0.39, 0.29) is 51.4 Å². The van der Waals surface area contributed by atoms with Crippen molar-refractivity contribution in [2.24, 2.45) is 0 Å². The molecule has 0 fully saturated rings. The van der Waals surface area contributed by atoms with Crippen molar-refractivity contribution in [2.45, 2.75) is 13.8 Å². The number of hydrogen-bond acceptors (Lipinski definition) is 4. The average molecular weight is 231 g/mol. The summed E-state index contributed by atoms with van der Waals surface area (Å²) in [5, 5.41) is 29.5. The molecule has 0 unspecified atom stereocenters. The Hall–Kier alpha value is -0.464. The second kappa shape index (κ2) is 18.3. The Balaban J connectivity index is -0.0000000522. The van der Waals surface area contributed by atoms with E-state index in [2.05, 4.69) is 0 Å². The predicted molar refractivity (Wildman–Crippen MR) is 47.0 cm³/mol. The fourth-order valence-corrected chi connectivity index (χ4v) is 0. The van der Waals surface area contributed by atoms with Crippen LogP contribution in [-0.2, 0) is 14.4 Å². The van der Waals surface area contributed by atoms with Crippen LogP contribution in [0.1, 0.15) is 13.8 Å². The van der Waals surface area contributed by atoms with E-state index in [9.17, 15) is 0 Å². The number of carboxylic acid groups (broad SMARTS) is 3. The van der Waals surface area contributed by atoms with Crippen molar-refractivity contribution >= 4 is 69.3 Å². The fraction of sp³-hybridized carbons (Fsp3) is 0.333. The average Bonchev–Trinajstić information content (AvgIpc) is 1.84. The molecule has 0 aliphatic carbocycles. The van der Waals surface area contributed by atoms with Crippen LogP contribution in [0, 0.1) is 11.3 Å². The molecule has 8 heteroatoms. The summed E-state index contributed by atoms with van der Waals surface area (Å²) in [4.78, 5) is 27.0. The van der Waals surface area contributed by atoms with Crippen LogP contribution in [-0.4, -0.2) is 84.6 Å². The third-order valence-electron chi connectivity index (χ3n) is 0.0956. The molecule has 0 aliphatic heterocycles. The second-order valence-corrected chi connectivity index (χ2v) is 1.45. The van der Waals surface area contributed by atoms with Gasteiger partial charge in [0.2, 0.25) is 0 Å². The van der Waals surface area contributed by atoms with Gasteiger partial charge in [0.25, 0.3) is 11.9 Å². The minimum absolute atomic E-state index is 0. The van der Waals surface area contributed by atoms with E-state index >= 15 is 0 Å². The Morgan fingerprint density at radius 2 is 1.07 bits per heavy atom. The standard InChI is InChI=1S/C2HNO2.2C2H4O2.K.H/c3-1-2(4)5;2*1-2(3)4;;/h(H,4,5);2*1H3,(H,3,4);;. The summed E-state index contributed by atoms with van der Waals surface area (Å²) >= 11 is 0. The van der Waals surface area contributed by atoms with Crippen molar-refractivity contribution in [3.05, 3.63) is 0 Å². The van der Waals surface area contributed by atoms with Gasteiger partial charge >= 0.3 is 57.4 Å². The van der Waals surface area contributed by atoms with Gasteiger partial charge in [0.15, 0.2) is 6.07 Å². The van der Waals surface area contributed by atoms with Gasteiger partial charge in [-0.05, 0) is 0 Å². The molecule has 0 rings (SSSR count). The predicted octanol–water partition coefficient (Wildman–Crippen LogP) is -0.872. The Kier molecular flexibility index (Phi) is 30.7. The summed E-state index contributed by atoms with van der Waals surface area (Å²) in [5.74, 6) is -3.11. The molecule has 0 radical (unpaired) electrons. The van der Waals surface area contributed by atoms with Gasteiger partial charge in [-0.1, -0.05) is 0 Å². The van der Waals surface area contributed by atoms with Gasteiger partial charge in [-0.25, -0.2) is 4.79 Å². The maximum absolute atomic E-state index is 9.01. The molecule has 0 spiro atoms. The number of nitrogens with zero attached hydrogens (tertiary/aromatic N) is 1. The van der Waals surface area contributed by atoms with Crippen LogP contribution in [0.25, 0.3) is 0 Å². The minimum atomic E-state index is -1.44. The molecule has 0 atom stereocenters. The Morgan fingerprint density at radius 3 is 1.07 bits per heavy atom. The summed E-state index contributed by atoms with van der Waals surface area (Å²) < 4.78 is 0. The number of rotatable bonds is 0. The molecule has 0 aromatic carbocycles. The maximum atomic E-state index is 9.01. The molecule has 0 bridgehead atoms. The van der Waals surface area contributed by atoms with Gasteiger partial charge in [0.05, 0.1) is 0 Å². The van der Waals surface area contributed by atoms with Crippen molar-refractivity contribution in [1.82, 2.24) is 0 Å². The van der Waals surface area contributed by atoms with Crippen LogP contribution in [0.3, 0.4) is 0 Å². The molecule has 0 aromatic rings. The molecule has 3 N–H and O–H groups in total. The zero-order valence-electron chi connectivity index (χ0n) is 7.01. The topological polar surface area (TPSA) is 136 Å². The quantitative estimate of drug-likeness (QED) is 0.280. The van der Waals surface area contributed by atoms with E-state index in [1.165, 1.54) is 0 Å². The number of hydrogen-bond donors (Lipinski definition) is 3. The first-order valence-corrected chi connectivity index (χ1v) is 2.76. The molecular weight excluding hydrogens is 221 g/mol. The van der Waals surface area contributed by atoms with Crippen LogP contribution >= 0.6 is 0 Å². The third-order valence-corrected chi connectivity index (χ3v) is 0.0956. The van der Waals surface area contributed by atoms with Crippen molar-refractivity contribution in [3.63, 3.8) is 0 Å². The van der Waals surface area contributed by atoms with Gasteiger partial charge in [0.1, 0.15) is 0 Å². The first kappa shape index (κ1) is 23.4. The van der Waals surface area contributed by atoms with Crippen LogP contribution < -0.4 is 0 Å². The van der Waals surface area contributed by atoms with Gasteiger partial charge < -0.3 is 15.3 Å². The SMILES string of the molecule is CC(=O)O.CC(=O)O.N#CC(=O)O.[KH]. The molecule has 0 aliphatic rings. The van der Waals surface area contributed by atoms with E-state index in [1.807, 2.05) is 0 Å². The molecule has 14 heavy (non-hydrogen) atoms. The van der Waals surface area contributed by atoms with Crippen molar-refractivity contribution in [1.29, 1.82) is 5.26 Å². The molecule has 0 heterocycles. The molecule has 0 aromatic heterocycles. The monoisotopic (exact) mass is 231 g/mol. The normalized spacial score (nSPS) is 5.50. The number of aliphatic carboxylic acids is 3. The van der Waals surface area contributed by atoms with Gasteiger partial charge in [-0.3, -0.25) is 9.59 Å². The van der Waals surface area contributed by atoms with Gasteiger partial charge in [0, 0.05) is 13.8 Å². The van der Waals surface area contributed by atoms with Crippen molar-refractivity contribution in [2.75, 3.05) is 0 Å². The Bertz CT molecular complexity index is 201. The summed E-state index contributed by atoms with van der Waals surface area (Å²) in [7, 11) is 0.